The van der Waals surface area contributed by atoms with Gasteiger partial charge in [0.2, 0.25) is 0 Å². The average Bonchev–Trinajstić information content (AvgIpc) is 2.99. The zero-order valence-corrected chi connectivity index (χ0v) is 20.3. The van der Waals surface area contributed by atoms with Crippen LogP contribution in [-0.4, -0.2) is 19.9 Å². The summed E-state index contributed by atoms with van der Waals surface area (Å²) in [4.78, 5) is 19.8. The van der Waals surface area contributed by atoms with E-state index in [-0.39, 0.29) is 0 Å². The van der Waals surface area contributed by atoms with Gasteiger partial charge in [-0.15, -0.1) is 0 Å². The molecule has 0 radical (unpaired) electrons. The summed E-state index contributed by atoms with van der Waals surface area (Å²) < 4.78 is 0. The molecular formula is C34H20N4. The molecule has 0 saturated heterocycles. The summed E-state index contributed by atoms with van der Waals surface area (Å²) in [5.74, 6) is 0. The highest BCUT2D eigenvalue weighted by Gasteiger charge is 2.19. The van der Waals surface area contributed by atoms with Crippen LogP contribution in [0.25, 0.3) is 78.1 Å². The van der Waals surface area contributed by atoms with Gasteiger partial charge in [0.25, 0.3) is 0 Å². The van der Waals surface area contributed by atoms with Crippen LogP contribution in [0.3, 0.4) is 0 Å². The molecule has 2 aromatic heterocycles. The molecule has 0 unspecified atom stereocenters. The fourth-order valence-corrected chi connectivity index (χ4v) is 5.31. The molecule has 0 N–H and O–H groups in total. The van der Waals surface area contributed by atoms with Gasteiger partial charge in [-0.1, -0.05) is 91.0 Å². The van der Waals surface area contributed by atoms with E-state index in [1.165, 1.54) is 11.1 Å². The molecule has 176 valence electrons. The zero-order valence-electron chi connectivity index (χ0n) is 20.3. The van der Waals surface area contributed by atoms with Crippen LogP contribution in [0.15, 0.2) is 121 Å². The van der Waals surface area contributed by atoms with Crippen LogP contribution in [-0.2, 0) is 0 Å². The van der Waals surface area contributed by atoms with E-state index in [9.17, 15) is 0 Å². The van der Waals surface area contributed by atoms with Crippen LogP contribution in [0.2, 0.25) is 0 Å². The molecule has 0 saturated carbocycles. The fourth-order valence-electron chi connectivity index (χ4n) is 5.31. The summed E-state index contributed by atoms with van der Waals surface area (Å²) >= 11 is 0. The summed E-state index contributed by atoms with van der Waals surface area (Å²) in [7, 11) is 0. The summed E-state index contributed by atoms with van der Waals surface area (Å²) in [6.07, 6.45) is 1.84. The number of hydrogen-bond donors (Lipinski definition) is 0. The second-order valence-corrected chi connectivity index (χ2v) is 9.57. The Balaban J connectivity index is 1.28. The van der Waals surface area contributed by atoms with E-state index in [1.807, 2.05) is 30.5 Å². The molecule has 0 fully saturated rings. The Kier molecular flexibility index (Phi) is 4.49. The standard InChI is InChI=1S/C34H20N4/c1-2-6-22(7-3-1)32-20-35-28-16-14-24(18-30(28)36-32)25-15-17-29-31(19-25)38-34-27-9-5-4-8-26(27)21-10-12-23(13-11-21)33(34)37-29/h1-20H. The predicted molar refractivity (Wildman–Crippen MR) is 153 cm³/mol. The molecule has 2 aliphatic carbocycles. The van der Waals surface area contributed by atoms with Crippen LogP contribution in [0, 0.1) is 0 Å². The molecule has 38 heavy (non-hydrogen) atoms. The highest BCUT2D eigenvalue weighted by Crippen LogP contribution is 2.40. The summed E-state index contributed by atoms with van der Waals surface area (Å²) in [6.45, 7) is 0. The van der Waals surface area contributed by atoms with E-state index in [0.29, 0.717) is 0 Å². The second kappa shape index (κ2) is 8.15. The minimum atomic E-state index is 0.865. The quantitative estimate of drug-likeness (QED) is 0.248. The normalized spacial score (nSPS) is 11.7. The molecule has 9 rings (SSSR count). The van der Waals surface area contributed by atoms with Gasteiger partial charge in [-0.2, -0.15) is 0 Å². The predicted octanol–water partition coefficient (Wildman–Crippen LogP) is 8.22. The molecular weight excluding hydrogens is 464 g/mol. The van der Waals surface area contributed by atoms with Crippen molar-refractivity contribution in [2.45, 2.75) is 0 Å². The minimum absolute atomic E-state index is 0.865. The molecule has 2 bridgehead atoms. The maximum atomic E-state index is 5.19. The fraction of sp³-hybridized carbons (Fsp3) is 0. The molecule has 7 aromatic rings. The molecule has 2 aliphatic rings. The monoisotopic (exact) mass is 484 g/mol. The SMILES string of the molecule is c1ccc(-c2cnc3ccc(-c4ccc5nc6c(nc5c4)-c4ccccc4-c4ccc-6cc4)cc3n2)cc1. The molecule has 0 amide bonds. The van der Waals surface area contributed by atoms with Crippen molar-refractivity contribution in [3.05, 3.63) is 121 Å². The largest absolute Gasteiger partial charge is 0.252 e. The molecule has 4 nitrogen and oxygen atoms in total. The Labute approximate surface area is 219 Å². The van der Waals surface area contributed by atoms with Gasteiger partial charge in [0, 0.05) is 16.7 Å². The van der Waals surface area contributed by atoms with Crippen LogP contribution in [0.4, 0.5) is 0 Å². The van der Waals surface area contributed by atoms with Crippen molar-refractivity contribution in [1.82, 2.24) is 19.9 Å². The second-order valence-electron chi connectivity index (χ2n) is 9.57. The molecule has 5 aromatic carbocycles. The number of hydrogen-bond acceptors (Lipinski definition) is 4. The first-order valence-corrected chi connectivity index (χ1v) is 12.6. The van der Waals surface area contributed by atoms with Gasteiger partial charge in [0.1, 0.15) is 0 Å². The third-order valence-corrected chi connectivity index (χ3v) is 7.26. The van der Waals surface area contributed by atoms with Gasteiger partial charge < -0.3 is 0 Å². The molecule has 0 atom stereocenters. The van der Waals surface area contributed by atoms with Crippen LogP contribution < -0.4 is 0 Å². The summed E-state index contributed by atoms with van der Waals surface area (Å²) in [5, 5.41) is 0. The van der Waals surface area contributed by atoms with Gasteiger partial charge in [-0.25, -0.2) is 15.0 Å². The van der Waals surface area contributed by atoms with Crippen molar-refractivity contribution < 1.29 is 0 Å². The zero-order chi connectivity index (χ0) is 25.1. The molecule has 0 aliphatic heterocycles. The lowest BCUT2D eigenvalue weighted by Crippen LogP contribution is -1.99. The van der Waals surface area contributed by atoms with Crippen molar-refractivity contribution in [2.24, 2.45) is 0 Å². The van der Waals surface area contributed by atoms with Gasteiger partial charge in [0.05, 0.1) is 45.3 Å². The summed E-state index contributed by atoms with van der Waals surface area (Å²) in [6, 6.07) is 39.7. The minimum Gasteiger partial charge on any atom is -0.252 e. The number of rotatable bonds is 2. The van der Waals surface area contributed by atoms with Crippen molar-refractivity contribution in [1.29, 1.82) is 0 Å². The van der Waals surface area contributed by atoms with Gasteiger partial charge in [-0.3, -0.25) is 4.98 Å². The number of aromatic nitrogens is 4. The lowest BCUT2D eigenvalue weighted by atomic mass is 9.91. The third-order valence-electron chi connectivity index (χ3n) is 7.26. The highest BCUT2D eigenvalue weighted by molar-refractivity contribution is 5.95. The Morgan fingerprint density at radius 3 is 1.76 bits per heavy atom. The van der Waals surface area contributed by atoms with Crippen molar-refractivity contribution in [3.8, 4) is 56.0 Å². The van der Waals surface area contributed by atoms with E-state index in [4.69, 9.17) is 15.0 Å². The Morgan fingerprint density at radius 1 is 0.368 bits per heavy atom. The van der Waals surface area contributed by atoms with Crippen molar-refractivity contribution in [2.75, 3.05) is 0 Å². The molecule has 4 heteroatoms. The van der Waals surface area contributed by atoms with E-state index in [2.05, 4.69) is 96.0 Å². The van der Waals surface area contributed by atoms with Gasteiger partial charge >= 0.3 is 0 Å². The third kappa shape index (κ3) is 3.31. The number of benzene rings is 5. The summed E-state index contributed by atoms with van der Waals surface area (Å²) in [5.41, 5.74) is 13.9. The lowest BCUT2D eigenvalue weighted by Gasteiger charge is -2.18. The first-order valence-electron chi connectivity index (χ1n) is 12.6. The average molecular weight is 485 g/mol. The lowest BCUT2D eigenvalue weighted by molar-refractivity contribution is 1.28. The molecule has 0 spiro atoms. The maximum absolute atomic E-state index is 5.19. The maximum Gasteiger partial charge on any atom is 0.0979 e. The highest BCUT2D eigenvalue weighted by atomic mass is 14.8. The Hall–Kier alpha value is -5.22. The number of nitrogens with zero attached hydrogens (tertiary/aromatic N) is 4. The molecule has 2 heterocycles. The van der Waals surface area contributed by atoms with E-state index < -0.39 is 0 Å². The first-order chi connectivity index (χ1) is 18.8. The van der Waals surface area contributed by atoms with Crippen molar-refractivity contribution >= 4 is 22.1 Å². The Morgan fingerprint density at radius 2 is 0.974 bits per heavy atom. The number of fused-ring (bicyclic) bond motifs is 4. The van der Waals surface area contributed by atoms with Gasteiger partial charge in [-0.05, 0) is 46.5 Å². The van der Waals surface area contributed by atoms with Crippen molar-refractivity contribution in [3.63, 3.8) is 0 Å². The Bertz CT molecular complexity index is 2010. The van der Waals surface area contributed by atoms with E-state index in [1.54, 1.807) is 0 Å². The first kappa shape index (κ1) is 20.9. The van der Waals surface area contributed by atoms with Crippen LogP contribution in [0.5, 0.6) is 0 Å². The van der Waals surface area contributed by atoms with E-state index in [0.717, 1.165) is 67.0 Å². The van der Waals surface area contributed by atoms with Crippen LogP contribution >= 0.6 is 0 Å². The topological polar surface area (TPSA) is 51.6 Å². The smallest absolute Gasteiger partial charge is 0.0979 e. The van der Waals surface area contributed by atoms with E-state index >= 15 is 0 Å². The van der Waals surface area contributed by atoms with Crippen LogP contribution in [0.1, 0.15) is 0 Å². The van der Waals surface area contributed by atoms with Gasteiger partial charge in [0.15, 0.2) is 0 Å².